The van der Waals surface area contributed by atoms with Gasteiger partial charge in [-0.25, -0.2) is 0 Å². The minimum atomic E-state index is -1.17. The second-order valence-electron chi connectivity index (χ2n) is 5.32. The molecule has 8 nitrogen and oxygen atoms in total. The number of nitrogens with one attached hydrogen (secondary N) is 2. The smallest absolute Gasteiger partial charge is 0.319 e. The lowest BCUT2D eigenvalue weighted by molar-refractivity contribution is -0.151. The molecule has 124 valence electrons. The molecule has 0 saturated carbocycles. The molecule has 2 aromatic rings. The second kappa shape index (κ2) is 6.15. The first-order chi connectivity index (χ1) is 11.5. The number of nitrogens with zero attached hydrogens (tertiary/aromatic N) is 1. The van der Waals surface area contributed by atoms with Crippen molar-refractivity contribution in [3.63, 3.8) is 0 Å². The van der Waals surface area contributed by atoms with Crippen molar-refractivity contribution >= 4 is 23.6 Å². The molecule has 0 radical (unpaired) electrons. The zero-order chi connectivity index (χ0) is 17.3. The van der Waals surface area contributed by atoms with Gasteiger partial charge in [-0.3, -0.25) is 19.4 Å². The van der Waals surface area contributed by atoms with Gasteiger partial charge in [0, 0.05) is 5.92 Å². The summed E-state index contributed by atoms with van der Waals surface area (Å²) in [5.41, 5.74) is 5.88. The molecule has 0 saturated heterocycles. The molecule has 8 heteroatoms. The number of benzene rings is 1. The van der Waals surface area contributed by atoms with Crippen molar-refractivity contribution in [3.8, 4) is 0 Å². The fraction of sp³-hybridized carbons (Fsp3) is 0.250. The maximum absolute atomic E-state index is 12.5. The highest BCUT2D eigenvalue weighted by Gasteiger charge is 2.44. The molecule has 0 bridgehead atoms. The standard InChI is InChI=1S/C16H16N4O4/c1-2-24-15(23)11-9(8-6-4-3-5-7-8)10-12(18-14(11)22)19-16(17)20-13(10)21/h3-7,9,11H,2H2,1H3,(H4,17,18,19,20,21,22)/t9-,11-/m1/s1. The first kappa shape index (κ1) is 15.7. The zero-order valence-corrected chi connectivity index (χ0v) is 12.9. The molecule has 1 aliphatic heterocycles. The second-order valence-corrected chi connectivity index (χ2v) is 5.32. The summed E-state index contributed by atoms with van der Waals surface area (Å²) in [6.45, 7) is 1.78. The van der Waals surface area contributed by atoms with Gasteiger partial charge in [-0.2, -0.15) is 4.98 Å². The first-order valence-electron chi connectivity index (χ1n) is 7.45. The van der Waals surface area contributed by atoms with Crippen molar-refractivity contribution < 1.29 is 14.3 Å². The van der Waals surface area contributed by atoms with Crippen LogP contribution in [0.1, 0.15) is 24.0 Å². The number of carbonyl (C=O) groups excluding carboxylic acids is 2. The van der Waals surface area contributed by atoms with E-state index in [9.17, 15) is 14.4 Å². The molecule has 24 heavy (non-hydrogen) atoms. The van der Waals surface area contributed by atoms with E-state index in [1.54, 1.807) is 37.3 Å². The average Bonchev–Trinajstić information content (AvgIpc) is 2.54. The van der Waals surface area contributed by atoms with Gasteiger partial charge >= 0.3 is 5.97 Å². The zero-order valence-electron chi connectivity index (χ0n) is 12.9. The lowest BCUT2D eigenvalue weighted by Gasteiger charge is -2.30. The number of hydrogen-bond donors (Lipinski definition) is 3. The molecule has 0 fully saturated rings. The summed E-state index contributed by atoms with van der Waals surface area (Å²) in [5, 5.41) is 2.48. The highest BCUT2D eigenvalue weighted by atomic mass is 16.5. The Morgan fingerprint density at radius 3 is 2.67 bits per heavy atom. The van der Waals surface area contributed by atoms with E-state index in [0.717, 1.165) is 0 Å². The van der Waals surface area contributed by atoms with Gasteiger partial charge in [0.15, 0.2) is 0 Å². The number of aromatic nitrogens is 2. The Kier molecular flexibility index (Phi) is 4.03. The lowest BCUT2D eigenvalue weighted by Crippen LogP contribution is -2.43. The molecule has 2 heterocycles. The van der Waals surface area contributed by atoms with Crippen LogP contribution in [-0.2, 0) is 14.3 Å². The molecule has 0 unspecified atom stereocenters. The van der Waals surface area contributed by atoms with E-state index in [1.807, 2.05) is 0 Å². The summed E-state index contributed by atoms with van der Waals surface area (Å²) in [5.74, 6) is -3.29. The van der Waals surface area contributed by atoms with Crippen LogP contribution in [0.15, 0.2) is 35.1 Å². The first-order valence-corrected chi connectivity index (χ1v) is 7.45. The third-order valence-electron chi connectivity index (χ3n) is 3.84. The molecule has 4 N–H and O–H groups in total. The molecule has 1 aromatic heterocycles. The number of ether oxygens (including phenoxy) is 1. The summed E-state index contributed by atoms with van der Waals surface area (Å²) in [4.78, 5) is 43.6. The van der Waals surface area contributed by atoms with Crippen molar-refractivity contribution in [1.29, 1.82) is 0 Å². The number of rotatable bonds is 3. The molecule has 0 spiro atoms. The quantitative estimate of drug-likeness (QED) is 0.560. The molecule has 0 aliphatic carbocycles. The number of H-pyrrole nitrogens is 1. The number of nitrogen functional groups attached to an aromatic ring is 1. The summed E-state index contributed by atoms with van der Waals surface area (Å²) in [6, 6.07) is 8.83. The van der Waals surface area contributed by atoms with E-state index in [4.69, 9.17) is 10.5 Å². The third kappa shape index (κ3) is 2.62. The number of hydrogen-bond acceptors (Lipinski definition) is 6. The van der Waals surface area contributed by atoms with Crippen LogP contribution < -0.4 is 16.6 Å². The van der Waals surface area contributed by atoms with E-state index in [-0.39, 0.29) is 23.9 Å². The Bertz CT molecular complexity index is 847. The SMILES string of the molecule is CCOC(=O)[C@H]1C(=O)Nc2nc(N)[nH]c(=O)c2[C@H]1c1ccccc1. The van der Waals surface area contributed by atoms with E-state index < -0.39 is 29.3 Å². The summed E-state index contributed by atoms with van der Waals surface area (Å²) in [7, 11) is 0. The Morgan fingerprint density at radius 2 is 2.00 bits per heavy atom. The van der Waals surface area contributed by atoms with Gasteiger partial charge in [0.1, 0.15) is 11.7 Å². The minimum absolute atomic E-state index is 0.0654. The fourth-order valence-corrected chi connectivity index (χ4v) is 2.89. The van der Waals surface area contributed by atoms with E-state index in [2.05, 4.69) is 15.3 Å². The molecule has 1 amide bonds. The number of anilines is 2. The monoisotopic (exact) mass is 328 g/mol. The van der Waals surface area contributed by atoms with Crippen molar-refractivity contribution in [2.45, 2.75) is 12.8 Å². The molecule has 3 rings (SSSR count). The van der Waals surface area contributed by atoms with Gasteiger partial charge in [-0.1, -0.05) is 30.3 Å². The summed E-state index contributed by atoms with van der Waals surface area (Å²) < 4.78 is 5.03. The van der Waals surface area contributed by atoms with E-state index >= 15 is 0 Å². The van der Waals surface area contributed by atoms with Gasteiger partial charge in [0.25, 0.3) is 5.56 Å². The number of amides is 1. The predicted octanol–water partition coefficient (Wildman–Crippen LogP) is 0.615. The van der Waals surface area contributed by atoms with Crippen molar-refractivity contribution in [2.24, 2.45) is 5.92 Å². The van der Waals surface area contributed by atoms with Crippen LogP contribution in [0.5, 0.6) is 0 Å². The number of fused-ring (bicyclic) bond motifs is 1. The van der Waals surface area contributed by atoms with Crippen LogP contribution in [0.25, 0.3) is 0 Å². The largest absolute Gasteiger partial charge is 0.465 e. The number of aromatic amines is 1. The van der Waals surface area contributed by atoms with Crippen LogP contribution >= 0.6 is 0 Å². The minimum Gasteiger partial charge on any atom is -0.465 e. The normalized spacial score (nSPS) is 19.3. The van der Waals surface area contributed by atoms with Gasteiger partial charge in [0.2, 0.25) is 11.9 Å². The fourth-order valence-electron chi connectivity index (χ4n) is 2.89. The van der Waals surface area contributed by atoms with Crippen LogP contribution in [-0.4, -0.2) is 28.5 Å². The number of esters is 1. The van der Waals surface area contributed by atoms with E-state index in [1.165, 1.54) is 0 Å². The van der Waals surface area contributed by atoms with Crippen molar-refractivity contribution in [2.75, 3.05) is 17.7 Å². The van der Waals surface area contributed by atoms with Gasteiger partial charge in [-0.05, 0) is 12.5 Å². The Balaban J connectivity index is 2.23. The summed E-state index contributed by atoms with van der Waals surface area (Å²) in [6.07, 6.45) is 0. The third-order valence-corrected chi connectivity index (χ3v) is 3.84. The highest BCUT2D eigenvalue weighted by Crippen LogP contribution is 2.38. The van der Waals surface area contributed by atoms with E-state index in [0.29, 0.717) is 5.56 Å². The Morgan fingerprint density at radius 1 is 1.29 bits per heavy atom. The number of nitrogens with two attached hydrogens (primary N) is 1. The Hall–Kier alpha value is -3.16. The maximum Gasteiger partial charge on any atom is 0.319 e. The average molecular weight is 328 g/mol. The van der Waals surface area contributed by atoms with Crippen molar-refractivity contribution in [1.82, 2.24) is 9.97 Å². The molecule has 2 atom stereocenters. The van der Waals surface area contributed by atoms with Gasteiger partial charge in [0.05, 0.1) is 12.2 Å². The number of carbonyl (C=O) groups is 2. The summed E-state index contributed by atoms with van der Waals surface area (Å²) >= 11 is 0. The lowest BCUT2D eigenvalue weighted by atomic mass is 9.78. The topological polar surface area (TPSA) is 127 Å². The maximum atomic E-state index is 12.5. The van der Waals surface area contributed by atoms with Crippen LogP contribution in [0, 0.1) is 5.92 Å². The Labute approximate surface area is 137 Å². The molecule has 1 aliphatic rings. The molecular formula is C16H16N4O4. The highest BCUT2D eigenvalue weighted by molar-refractivity contribution is 6.08. The van der Waals surface area contributed by atoms with Crippen molar-refractivity contribution in [3.05, 3.63) is 51.8 Å². The van der Waals surface area contributed by atoms with Crippen LogP contribution in [0.3, 0.4) is 0 Å². The van der Waals surface area contributed by atoms with Crippen LogP contribution in [0.4, 0.5) is 11.8 Å². The van der Waals surface area contributed by atoms with Crippen LogP contribution in [0.2, 0.25) is 0 Å². The molecule has 1 aromatic carbocycles. The van der Waals surface area contributed by atoms with Gasteiger partial charge < -0.3 is 15.8 Å². The van der Waals surface area contributed by atoms with Gasteiger partial charge in [-0.15, -0.1) is 0 Å². The molecular weight excluding hydrogens is 312 g/mol. The predicted molar refractivity (Wildman–Crippen MR) is 86.3 cm³/mol.